The van der Waals surface area contributed by atoms with Gasteiger partial charge in [0.05, 0.1) is 6.20 Å². The van der Waals surface area contributed by atoms with Gasteiger partial charge in [-0.15, -0.1) is 0 Å². The molecule has 2 N–H and O–H groups in total. The molecule has 1 saturated carbocycles. The first-order chi connectivity index (χ1) is 8.22. The van der Waals surface area contributed by atoms with Crippen LogP contribution in [0.4, 0.5) is 4.39 Å². The molecule has 3 rings (SSSR count). The summed E-state index contributed by atoms with van der Waals surface area (Å²) in [6, 6.07) is 1.94. The monoisotopic (exact) mass is 235 g/mol. The van der Waals surface area contributed by atoms with Gasteiger partial charge in [-0.3, -0.25) is 9.88 Å². The molecule has 3 atom stereocenters. The lowest BCUT2D eigenvalue weighted by molar-refractivity contribution is 0.297. The van der Waals surface area contributed by atoms with Crippen LogP contribution in [0.15, 0.2) is 18.5 Å². The normalized spacial score (nSPS) is 32.9. The minimum atomic E-state index is -0.251. The van der Waals surface area contributed by atoms with Crippen LogP contribution in [-0.4, -0.2) is 29.0 Å². The molecule has 0 spiro atoms. The molecule has 1 saturated heterocycles. The highest BCUT2D eigenvalue weighted by Gasteiger charge is 2.40. The second-order valence-electron chi connectivity index (χ2n) is 5.37. The number of likely N-dealkylation sites (tertiary alicyclic amines) is 1. The Morgan fingerprint density at radius 3 is 3.00 bits per heavy atom. The Bertz CT molecular complexity index is 409. The Hall–Kier alpha value is -1.00. The average Bonchev–Trinajstić information content (AvgIpc) is 2.82. The number of pyridine rings is 1. The molecular weight excluding hydrogens is 217 g/mol. The summed E-state index contributed by atoms with van der Waals surface area (Å²) in [7, 11) is 0. The van der Waals surface area contributed by atoms with Crippen LogP contribution in [-0.2, 0) is 6.54 Å². The number of aromatic nitrogens is 1. The summed E-state index contributed by atoms with van der Waals surface area (Å²) < 4.78 is 13.0. The molecule has 92 valence electrons. The van der Waals surface area contributed by atoms with Crippen LogP contribution in [0, 0.1) is 17.7 Å². The zero-order valence-corrected chi connectivity index (χ0v) is 9.85. The lowest BCUT2D eigenvalue weighted by Crippen LogP contribution is -2.30. The van der Waals surface area contributed by atoms with Gasteiger partial charge in [-0.1, -0.05) is 0 Å². The first-order valence-corrected chi connectivity index (χ1v) is 6.30. The van der Waals surface area contributed by atoms with Crippen LogP contribution in [0.25, 0.3) is 0 Å². The number of hydrogen-bond donors (Lipinski definition) is 1. The highest BCUT2D eigenvalue weighted by molar-refractivity contribution is 5.11. The van der Waals surface area contributed by atoms with E-state index in [-0.39, 0.29) is 5.82 Å². The molecule has 3 nitrogen and oxygen atoms in total. The lowest BCUT2D eigenvalue weighted by atomic mass is 9.98. The number of rotatable bonds is 2. The van der Waals surface area contributed by atoms with E-state index in [0.717, 1.165) is 31.1 Å². The fraction of sp³-hybridized carbons (Fsp3) is 0.615. The van der Waals surface area contributed by atoms with Crippen LogP contribution in [0.3, 0.4) is 0 Å². The Morgan fingerprint density at radius 2 is 2.24 bits per heavy atom. The Balaban J connectivity index is 1.64. The van der Waals surface area contributed by atoms with Gasteiger partial charge in [0.2, 0.25) is 0 Å². The van der Waals surface area contributed by atoms with Crippen molar-refractivity contribution in [1.29, 1.82) is 0 Å². The second kappa shape index (κ2) is 4.35. The predicted octanol–water partition coefficient (Wildman–Crippen LogP) is 1.39. The molecule has 1 aliphatic heterocycles. The summed E-state index contributed by atoms with van der Waals surface area (Å²) in [5.74, 6) is 1.15. The molecule has 2 aliphatic rings. The van der Waals surface area contributed by atoms with Crippen LogP contribution in [0.5, 0.6) is 0 Å². The van der Waals surface area contributed by atoms with Crippen molar-refractivity contribution in [3.05, 3.63) is 29.8 Å². The molecule has 2 fully saturated rings. The van der Waals surface area contributed by atoms with Crippen LogP contribution in [0.2, 0.25) is 0 Å². The van der Waals surface area contributed by atoms with Crippen molar-refractivity contribution in [3.8, 4) is 0 Å². The number of halogens is 1. The Labute approximate surface area is 101 Å². The van der Waals surface area contributed by atoms with Crippen molar-refractivity contribution >= 4 is 0 Å². The van der Waals surface area contributed by atoms with Crippen molar-refractivity contribution in [2.75, 3.05) is 13.1 Å². The molecule has 0 aromatic carbocycles. The van der Waals surface area contributed by atoms with Gasteiger partial charge in [-0.2, -0.15) is 0 Å². The van der Waals surface area contributed by atoms with Gasteiger partial charge in [0.25, 0.3) is 0 Å². The number of nitrogens with two attached hydrogens (primary N) is 1. The smallest absolute Gasteiger partial charge is 0.141 e. The Kier molecular flexibility index (Phi) is 2.84. The van der Waals surface area contributed by atoms with Crippen molar-refractivity contribution in [2.24, 2.45) is 17.6 Å². The zero-order valence-electron chi connectivity index (χ0n) is 9.85. The maximum atomic E-state index is 13.0. The fourth-order valence-corrected chi connectivity index (χ4v) is 3.33. The van der Waals surface area contributed by atoms with E-state index >= 15 is 0 Å². The van der Waals surface area contributed by atoms with E-state index in [2.05, 4.69) is 9.88 Å². The SMILES string of the molecule is NC1CCC2CN(Cc3cncc(F)c3)CC12. The summed E-state index contributed by atoms with van der Waals surface area (Å²) in [6.07, 6.45) is 5.42. The van der Waals surface area contributed by atoms with E-state index < -0.39 is 0 Å². The molecule has 0 radical (unpaired) electrons. The second-order valence-corrected chi connectivity index (χ2v) is 5.37. The predicted molar refractivity (Wildman–Crippen MR) is 63.7 cm³/mol. The molecule has 1 aromatic rings. The van der Waals surface area contributed by atoms with Gasteiger partial charge >= 0.3 is 0 Å². The van der Waals surface area contributed by atoms with Crippen LogP contribution in [0.1, 0.15) is 18.4 Å². The zero-order chi connectivity index (χ0) is 11.8. The van der Waals surface area contributed by atoms with Crippen molar-refractivity contribution in [3.63, 3.8) is 0 Å². The van der Waals surface area contributed by atoms with Gasteiger partial charge in [-0.25, -0.2) is 4.39 Å². The Morgan fingerprint density at radius 1 is 1.35 bits per heavy atom. The molecule has 3 unspecified atom stereocenters. The number of hydrogen-bond acceptors (Lipinski definition) is 3. The summed E-state index contributed by atoms with van der Waals surface area (Å²) in [6.45, 7) is 2.96. The highest BCUT2D eigenvalue weighted by atomic mass is 19.1. The molecular formula is C13H18FN3. The molecule has 1 aromatic heterocycles. The molecule has 4 heteroatoms. The van der Waals surface area contributed by atoms with Crippen molar-refractivity contribution in [2.45, 2.75) is 25.4 Å². The van der Waals surface area contributed by atoms with Gasteiger partial charge < -0.3 is 5.73 Å². The van der Waals surface area contributed by atoms with Crippen LogP contribution >= 0.6 is 0 Å². The van der Waals surface area contributed by atoms with E-state index in [1.54, 1.807) is 12.3 Å². The first kappa shape index (κ1) is 11.1. The lowest BCUT2D eigenvalue weighted by Gasteiger charge is -2.18. The number of nitrogens with zero attached hydrogens (tertiary/aromatic N) is 2. The maximum Gasteiger partial charge on any atom is 0.141 e. The maximum absolute atomic E-state index is 13.0. The summed E-state index contributed by atoms with van der Waals surface area (Å²) in [5, 5.41) is 0. The minimum absolute atomic E-state index is 0.251. The van der Waals surface area contributed by atoms with Gasteiger partial charge in [0, 0.05) is 31.9 Å². The average molecular weight is 235 g/mol. The van der Waals surface area contributed by atoms with E-state index in [9.17, 15) is 4.39 Å². The highest BCUT2D eigenvalue weighted by Crippen LogP contribution is 2.37. The largest absolute Gasteiger partial charge is 0.327 e. The van der Waals surface area contributed by atoms with E-state index in [1.165, 1.54) is 19.0 Å². The number of fused-ring (bicyclic) bond motifs is 1. The molecule has 0 amide bonds. The van der Waals surface area contributed by atoms with Gasteiger partial charge in [0.15, 0.2) is 0 Å². The first-order valence-electron chi connectivity index (χ1n) is 6.30. The topological polar surface area (TPSA) is 42.1 Å². The van der Waals surface area contributed by atoms with E-state index in [0.29, 0.717) is 12.0 Å². The van der Waals surface area contributed by atoms with Gasteiger partial charge in [-0.05, 0) is 36.3 Å². The quantitative estimate of drug-likeness (QED) is 0.842. The summed E-state index contributed by atoms with van der Waals surface area (Å²) >= 11 is 0. The minimum Gasteiger partial charge on any atom is -0.327 e. The third-order valence-electron chi connectivity index (χ3n) is 4.16. The molecule has 0 bridgehead atoms. The van der Waals surface area contributed by atoms with E-state index in [1.807, 2.05) is 0 Å². The van der Waals surface area contributed by atoms with Crippen molar-refractivity contribution < 1.29 is 4.39 Å². The fourth-order valence-electron chi connectivity index (χ4n) is 3.33. The third-order valence-corrected chi connectivity index (χ3v) is 4.16. The van der Waals surface area contributed by atoms with Crippen molar-refractivity contribution in [1.82, 2.24) is 9.88 Å². The van der Waals surface area contributed by atoms with Crippen LogP contribution < -0.4 is 5.73 Å². The molecule has 17 heavy (non-hydrogen) atoms. The van der Waals surface area contributed by atoms with E-state index in [4.69, 9.17) is 5.73 Å². The molecule has 1 aliphatic carbocycles. The molecule has 2 heterocycles. The standard InChI is InChI=1S/C13H18FN3/c14-11-3-9(4-16-5-11)6-17-7-10-1-2-13(15)12(10)8-17/h3-5,10,12-13H,1-2,6-8,15H2. The summed E-state index contributed by atoms with van der Waals surface area (Å²) in [5.41, 5.74) is 7.06. The van der Waals surface area contributed by atoms with Gasteiger partial charge in [0.1, 0.15) is 5.82 Å². The summed E-state index contributed by atoms with van der Waals surface area (Å²) in [4.78, 5) is 6.27. The third kappa shape index (κ3) is 2.19.